The summed E-state index contributed by atoms with van der Waals surface area (Å²) in [5, 5.41) is 9.35. The molecular weight excluding hydrogens is 440 g/mol. The zero-order chi connectivity index (χ0) is 25.2. The van der Waals surface area contributed by atoms with E-state index in [2.05, 4.69) is 44.7 Å². The monoisotopic (exact) mass is 470 g/mol. The first-order valence-corrected chi connectivity index (χ1v) is 11.6. The summed E-state index contributed by atoms with van der Waals surface area (Å²) >= 11 is 0. The molecule has 2 aromatic carbocycles. The minimum atomic E-state index is -0.481. The number of carbonyl (C=O) groups excluding carboxylic acids is 2. The van der Waals surface area contributed by atoms with Gasteiger partial charge >= 0.3 is 0 Å². The van der Waals surface area contributed by atoms with Crippen LogP contribution in [0, 0.1) is 17.8 Å². The fraction of sp³-hybridized carbons (Fsp3) is 0.259. The third-order valence-electron chi connectivity index (χ3n) is 5.29. The highest BCUT2D eigenvalue weighted by Gasteiger charge is 2.10. The number of nitrogens with one attached hydrogen (secondary N) is 3. The average Bonchev–Trinajstić information content (AvgIpc) is 2.86. The SMILES string of the molecule is CCCNc1nc(Nc2ccc(C(N)=O)cc2)ncc1C#Cc1cccc(NC(=O)[C@H](C)CC)c1. The summed E-state index contributed by atoms with van der Waals surface area (Å²) < 4.78 is 0. The Labute approximate surface area is 205 Å². The van der Waals surface area contributed by atoms with Crippen LogP contribution in [0.3, 0.4) is 0 Å². The molecule has 8 heteroatoms. The minimum Gasteiger partial charge on any atom is -0.369 e. The lowest BCUT2D eigenvalue weighted by Crippen LogP contribution is -2.19. The molecule has 0 aliphatic carbocycles. The summed E-state index contributed by atoms with van der Waals surface area (Å²) in [6.07, 6.45) is 3.36. The third kappa shape index (κ3) is 7.30. The van der Waals surface area contributed by atoms with Crippen molar-refractivity contribution in [1.82, 2.24) is 9.97 Å². The van der Waals surface area contributed by atoms with Crippen molar-refractivity contribution in [1.29, 1.82) is 0 Å². The predicted molar refractivity (Wildman–Crippen MR) is 140 cm³/mol. The van der Waals surface area contributed by atoms with Gasteiger partial charge in [0.1, 0.15) is 5.82 Å². The first-order valence-electron chi connectivity index (χ1n) is 11.6. The number of benzene rings is 2. The van der Waals surface area contributed by atoms with E-state index in [1.54, 1.807) is 30.5 Å². The Morgan fingerprint density at radius 1 is 1.06 bits per heavy atom. The molecule has 0 spiro atoms. The van der Waals surface area contributed by atoms with Crippen molar-refractivity contribution in [2.24, 2.45) is 11.7 Å². The highest BCUT2D eigenvalue weighted by Crippen LogP contribution is 2.18. The van der Waals surface area contributed by atoms with Gasteiger partial charge in [-0.15, -0.1) is 0 Å². The molecule has 35 heavy (non-hydrogen) atoms. The number of amides is 2. The molecule has 0 saturated carbocycles. The number of nitrogens with zero attached hydrogens (tertiary/aromatic N) is 2. The quantitative estimate of drug-likeness (QED) is 0.341. The Kier molecular flexibility index (Phi) is 8.79. The summed E-state index contributed by atoms with van der Waals surface area (Å²) in [6, 6.07) is 14.2. The summed E-state index contributed by atoms with van der Waals surface area (Å²) in [5.74, 6) is 6.74. The molecular formula is C27H30N6O2. The standard InChI is InChI=1S/C27H30N6O2/c1-4-15-29-25-21(10-9-19-7-6-8-23(16-19)31-26(35)18(3)5-2)17-30-27(33-25)32-22-13-11-20(12-14-22)24(28)34/h6-8,11-14,16-18H,4-5,15H2,1-3H3,(H2,28,34)(H,31,35)(H2,29,30,32,33)/t18-/m1/s1. The van der Waals surface area contributed by atoms with Crippen LogP contribution in [0.1, 0.15) is 55.1 Å². The molecule has 1 atom stereocenters. The maximum Gasteiger partial charge on any atom is 0.248 e. The number of hydrogen-bond donors (Lipinski definition) is 4. The normalized spacial score (nSPS) is 11.1. The minimum absolute atomic E-state index is 0.00980. The van der Waals surface area contributed by atoms with E-state index >= 15 is 0 Å². The summed E-state index contributed by atoms with van der Waals surface area (Å²) in [7, 11) is 0. The first kappa shape index (κ1) is 25.2. The van der Waals surface area contributed by atoms with Crippen LogP contribution in [0.15, 0.2) is 54.7 Å². The third-order valence-corrected chi connectivity index (χ3v) is 5.29. The van der Waals surface area contributed by atoms with Crippen molar-refractivity contribution >= 4 is 35.0 Å². The zero-order valence-electron chi connectivity index (χ0n) is 20.2. The molecule has 8 nitrogen and oxygen atoms in total. The van der Waals surface area contributed by atoms with Gasteiger partial charge < -0.3 is 21.7 Å². The van der Waals surface area contributed by atoms with E-state index in [0.29, 0.717) is 28.6 Å². The van der Waals surface area contributed by atoms with Gasteiger partial charge in [-0.1, -0.05) is 38.7 Å². The smallest absolute Gasteiger partial charge is 0.248 e. The van der Waals surface area contributed by atoms with Gasteiger partial charge in [-0.3, -0.25) is 9.59 Å². The molecule has 0 radical (unpaired) electrons. The van der Waals surface area contributed by atoms with E-state index in [1.807, 2.05) is 38.1 Å². The molecule has 1 aromatic heterocycles. The summed E-state index contributed by atoms with van der Waals surface area (Å²) in [4.78, 5) is 32.4. The lowest BCUT2D eigenvalue weighted by atomic mass is 10.1. The van der Waals surface area contributed by atoms with Gasteiger partial charge in [0.05, 0.1) is 11.8 Å². The fourth-order valence-corrected chi connectivity index (χ4v) is 3.02. The molecule has 3 rings (SSSR count). The van der Waals surface area contributed by atoms with Crippen LogP contribution in [-0.4, -0.2) is 28.3 Å². The molecule has 3 aromatic rings. The molecule has 2 amide bonds. The number of carbonyl (C=O) groups is 2. The molecule has 0 unspecified atom stereocenters. The molecule has 0 aliphatic rings. The topological polar surface area (TPSA) is 122 Å². The van der Waals surface area contributed by atoms with E-state index in [-0.39, 0.29) is 11.8 Å². The second kappa shape index (κ2) is 12.2. The van der Waals surface area contributed by atoms with Gasteiger partial charge in [0.15, 0.2) is 0 Å². The highest BCUT2D eigenvalue weighted by atomic mass is 16.2. The molecule has 1 heterocycles. The Balaban J connectivity index is 1.80. The van der Waals surface area contributed by atoms with E-state index in [9.17, 15) is 9.59 Å². The van der Waals surface area contributed by atoms with E-state index < -0.39 is 5.91 Å². The van der Waals surface area contributed by atoms with Crippen LogP contribution in [-0.2, 0) is 4.79 Å². The van der Waals surface area contributed by atoms with Gasteiger partial charge in [-0.2, -0.15) is 4.98 Å². The lowest BCUT2D eigenvalue weighted by molar-refractivity contribution is -0.119. The van der Waals surface area contributed by atoms with Gasteiger partial charge in [-0.25, -0.2) is 4.98 Å². The first-order chi connectivity index (χ1) is 16.9. The van der Waals surface area contributed by atoms with Crippen LogP contribution in [0.2, 0.25) is 0 Å². The number of aromatic nitrogens is 2. The molecule has 0 bridgehead atoms. The van der Waals surface area contributed by atoms with Gasteiger partial charge in [0.25, 0.3) is 0 Å². The molecule has 0 fully saturated rings. The number of anilines is 4. The van der Waals surface area contributed by atoms with Gasteiger partial charge in [0.2, 0.25) is 17.8 Å². The van der Waals surface area contributed by atoms with Crippen molar-refractivity contribution in [2.45, 2.75) is 33.6 Å². The predicted octanol–water partition coefficient (Wildman–Crippen LogP) is 4.53. The number of nitrogens with two attached hydrogens (primary N) is 1. The van der Waals surface area contributed by atoms with E-state index in [1.165, 1.54) is 0 Å². The fourth-order valence-electron chi connectivity index (χ4n) is 3.02. The molecule has 0 aliphatic heterocycles. The Morgan fingerprint density at radius 2 is 1.83 bits per heavy atom. The maximum atomic E-state index is 12.2. The van der Waals surface area contributed by atoms with Gasteiger partial charge in [0, 0.05) is 35.0 Å². The second-order valence-electron chi connectivity index (χ2n) is 8.08. The van der Waals surface area contributed by atoms with Crippen LogP contribution < -0.4 is 21.7 Å². The molecule has 180 valence electrons. The van der Waals surface area contributed by atoms with Crippen molar-refractivity contribution in [3.8, 4) is 11.8 Å². The van der Waals surface area contributed by atoms with Gasteiger partial charge in [-0.05, 0) is 55.3 Å². The second-order valence-corrected chi connectivity index (χ2v) is 8.08. The van der Waals surface area contributed by atoms with Crippen molar-refractivity contribution in [3.05, 3.63) is 71.4 Å². The summed E-state index contributed by atoms with van der Waals surface area (Å²) in [6.45, 7) is 6.69. The van der Waals surface area contributed by atoms with Crippen molar-refractivity contribution < 1.29 is 9.59 Å². The van der Waals surface area contributed by atoms with E-state index in [4.69, 9.17) is 5.73 Å². The van der Waals surface area contributed by atoms with Crippen molar-refractivity contribution in [3.63, 3.8) is 0 Å². The van der Waals surface area contributed by atoms with Crippen molar-refractivity contribution in [2.75, 3.05) is 22.5 Å². The number of hydrogen-bond acceptors (Lipinski definition) is 6. The molecule has 5 N–H and O–H groups in total. The van der Waals surface area contributed by atoms with Crippen LogP contribution in [0.5, 0.6) is 0 Å². The van der Waals surface area contributed by atoms with Crippen LogP contribution in [0.25, 0.3) is 0 Å². The number of primary amides is 1. The Bertz CT molecular complexity index is 1240. The maximum absolute atomic E-state index is 12.2. The zero-order valence-corrected chi connectivity index (χ0v) is 20.2. The van der Waals surface area contributed by atoms with Crippen LogP contribution >= 0.6 is 0 Å². The molecule has 0 saturated heterocycles. The Morgan fingerprint density at radius 3 is 2.51 bits per heavy atom. The average molecular weight is 471 g/mol. The largest absolute Gasteiger partial charge is 0.369 e. The van der Waals surface area contributed by atoms with Crippen LogP contribution in [0.4, 0.5) is 23.1 Å². The number of rotatable bonds is 9. The highest BCUT2D eigenvalue weighted by molar-refractivity contribution is 5.93. The van der Waals surface area contributed by atoms with E-state index in [0.717, 1.165) is 30.6 Å². The lowest BCUT2D eigenvalue weighted by Gasteiger charge is -2.10. The Hall–Kier alpha value is -4.38. The summed E-state index contributed by atoms with van der Waals surface area (Å²) in [5.41, 5.74) is 8.58.